The number of ether oxygens (including phenoxy) is 2. The van der Waals surface area contributed by atoms with Gasteiger partial charge in [-0.3, -0.25) is 4.79 Å². The molecule has 2 heterocycles. The summed E-state index contributed by atoms with van der Waals surface area (Å²) in [5, 5.41) is 0. The Hall–Kier alpha value is -3.67. The molecule has 1 saturated heterocycles. The van der Waals surface area contributed by atoms with Gasteiger partial charge < -0.3 is 14.4 Å². The molecule has 2 aromatic carbocycles. The van der Waals surface area contributed by atoms with Crippen molar-refractivity contribution < 1.29 is 19.1 Å². The van der Waals surface area contributed by atoms with Crippen molar-refractivity contribution in [1.82, 2.24) is 0 Å². The maximum absolute atomic E-state index is 12.2. The minimum atomic E-state index is -0.504. The molecule has 0 radical (unpaired) electrons. The molecule has 0 aliphatic carbocycles. The number of benzene rings is 2. The number of carbonyl (C=O) groups is 2. The number of hydrogen-bond acceptors (Lipinski definition) is 5. The Morgan fingerprint density at radius 2 is 2.00 bits per heavy atom. The minimum absolute atomic E-state index is 0.131. The van der Waals surface area contributed by atoms with Crippen molar-refractivity contribution in [3.05, 3.63) is 78.0 Å². The van der Waals surface area contributed by atoms with Gasteiger partial charge in [0, 0.05) is 24.2 Å². The Kier molecular flexibility index (Phi) is 5.24. The van der Waals surface area contributed by atoms with Crippen LogP contribution in [0.3, 0.4) is 0 Å². The zero-order chi connectivity index (χ0) is 20.2. The first-order valence-corrected chi connectivity index (χ1v) is 9.41. The molecule has 2 aliphatic heterocycles. The quantitative estimate of drug-likeness (QED) is 0.430. The summed E-state index contributed by atoms with van der Waals surface area (Å²) in [4.78, 5) is 30.2. The summed E-state index contributed by atoms with van der Waals surface area (Å²) in [5.74, 6) is 0.560. The van der Waals surface area contributed by atoms with E-state index in [0.29, 0.717) is 24.3 Å². The molecule has 0 bridgehead atoms. The Balaban J connectivity index is 1.53. The third kappa shape index (κ3) is 4.11. The predicted molar refractivity (Wildman–Crippen MR) is 111 cm³/mol. The SMILES string of the molecule is C=CCOc1cccc(C=C2N=C(c3ccc(N4CCCC4=O)cc3)OC2=O)c1. The molecule has 0 aromatic heterocycles. The van der Waals surface area contributed by atoms with E-state index in [9.17, 15) is 9.59 Å². The summed E-state index contributed by atoms with van der Waals surface area (Å²) in [7, 11) is 0. The van der Waals surface area contributed by atoms with Crippen molar-refractivity contribution >= 4 is 29.5 Å². The molecule has 4 rings (SSSR count). The highest BCUT2D eigenvalue weighted by atomic mass is 16.6. The normalized spacial score (nSPS) is 17.4. The number of cyclic esters (lactones) is 1. The van der Waals surface area contributed by atoms with Crippen LogP contribution in [0.1, 0.15) is 24.0 Å². The summed E-state index contributed by atoms with van der Waals surface area (Å²) < 4.78 is 10.8. The lowest BCUT2D eigenvalue weighted by molar-refractivity contribution is -0.130. The molecule has 1 fully saturated rings. The highest BCUT2D eigenvalue weighted by Crippen LogP contribution is 2.25. The van der Waals surface area contributed by atoms with Crippen LogP contribution in [0.25, 0.3) is 6.08 Å². The Labute approximate surface area is 168 Å². The number of carbonyl (C=O) groups excluding carboxylic acids is 2. The zero-order valence-corrected chi connectivity index (χ0v) is 15.8. The third-order valence-corrected chi connectivity index (χ3v) is 4.65. The molecular weight excluding hydrogens is 368 g/mol. The van der Waals surface area contributed by atoms with Crippen molar-refractivity contribution in [2.24, 2.45) is 4.99 Å². The monoisotopic (exact) mass is 388 g/mol. The molecule has 6 nitrogen and oxygen atoms in total. The summed E-state index contributed by atoms with van der Waals surface area (Å²) in [6.45, 7) is 4.76. The Morgan fingerprint density at radius 1 is 1.17 bits per heavy atom. The van der Waals surface area contributed by atoms with Crippen LogP contribution in [0.5, 0.6) is 5.75 Å². The average molecular weight is 388 g/mol. The highest BCUT2D eigenvalue weighted by Gasteiger charge is 2.25. The van der Waals surface area contributed by atoms with E-state index in [0.717, 1.165) is 24.2 Å². The second kappa shape index (κ2) is 8.14. The lowest BCUT2D eigenvalue weighted by atomic mass is 10.2. The second-order valence-electron chi connectivity index (χ2n) is 6.70. The van der Waals surface area contributed by atoms with Gasteiger partial charge >= 0.3 is 5.97 Å². The fourth-order valence-corrected chi connectivity index (χ4v) is 3.24. The van der Waals surface area contributed by atoms with E-state index >= 15 is 0 Å². The van der Waals surface area contributed by atoms with Crippen molar-refractivity contribution in [3.63, 3.8) is 0 Å². The van der Waals surface area contributed by atoms with Crippen LogP contribution in [0.2, 0.25) is 0 Å². The van der Waals surface area contributed by atoms with E-state index in [1.54, 1.807) is 29.2 Å². The molecule has 2 aliphatic rings. The zero-order valence-electron chi connectivity index (χ0n) is 15.8. The predicted octanol–water partition coefficient (Wildman–Crippen LogP) is 3.72. The van der Waals surface area contributed by atoms with E-state index in [2.05, 4.69) is 11.6 Å². The van der Waals surface area contributed by atoms with Gasteiger partial charge in [-0.2, -0.15) is 0 Å². The molecule has 2 aromatic rings. The number of aliphatic imine (C=N–C) groups is 1. The molecular formula is C23H20N2O4. The van der Waals surface area contributed by atoms with Crippen LogP contribution in [0.15, 0.2) is 71.9 Å². The molecule has 1 amide bonds. The maximum Gasteiger partial charge on any atom is 0.363 e. The molecule has 29 heavy (non-hydrogen) atoms. The van der Waals surface area contributed by atoms with Gasteiger partial charge in [0.05, 0.1) is 0 Å². The summed E-state index contributed by atoms with van der Waals surface area (Å²) in [6.07, 6.45) is 4.78. The third-order valence-electron chi connectivity index (χ3n) is 4.65. The molecule has 0 atom stereocenters. The van der Waals surface area contributed by atoms with Crippen molar-refractivity contribution in [1.29, 1.82) is 0 Å². The second-order valence-corrected chi connectivity index (χ2v) is 6.70. The van der Waals surface area contributed by atoms with Gasteiger partial charge in [-0.25, -0.2) is 9.79 Å². The summed E-state index contributed by atoms with van der Waals surface area (Å²) in [6, 6.07) is 14.6. The van der Waals surface area contributed by atoms with Gasteiger partial charge in [-0.1, -0.05) is 24.8 Å². The molecule has 0 spiro atoms. The van der Waals surface area contributed by atoms with Crippen LogP contribution < -0.4 is 9.64 Å². The number of esters is 1. The summed E-state index contributed by atoms with van der Waals surface area (Å²) in [5.41, 5.74) is 2.53. The number of hydrogen-bond donors (Lipinski definition) is 0. The number of rotatable bonds is 6. The summed E-state index contributed by atoms with van der Waals surface area (Å²) >= 11 is 0. The lowest BCUT2D eigenvalue weighted by Crippen LogP contribution is -2.23. The molecule has 0 N–H and O–H groups in total. The maximum atomic E-state index is 12.2. The van der Waals surface area contributed by atoms with Crippen LogP contribution in [0, 0.1) is 0 Å². The molecule has 146 valence electrons. The van der Waals surface area contributed by atoms with Crippen LogP contribution in [-0.2, 0) is 14.3 Å². The van der Waals surface area contributed by atoms with E-state index in [1.807, 2.05) is 36.4 Å². The van der Waals surface area contributed by atoms with Gasteiger partial charge in [-0.15, -0.1) is 0 Å². The van der Waals surface area contributed by atoms with Gasteiger partial charge in [0.25, 0.3) is 0 Å². The molecule has 6 heteroatoms. The Bertz CT molecular complexity index is 1020. The first-order valence-electron chi connectivity index (χ1n) is 9.41. The standard InChI is InChI=1S/C23H20N2O4/c1-2-13-28-19-6-3-5-16(14-19)15-20-23(27)29-22(24-20)17-8-10-18(11-9-17)25-12-4-7-21(25)26/h2-3,5-6,8-11,14-15H,1,4,7,12-13H2. The van der Waals surface area contributed by atoms with Gasteiger partial charge in [-0.05, 0) is 54.5 Å². The molecule has 0 saturated carbocycles. The van der Waals surface area contributed by atoms with Crippen molar-refractivity contribution in [2.45, 2.75) is 12.8 Å². The number of nitrogens with zero attached hydrogens (tertiary/aromatic N) is 2. The largest absolute Gasteiger partial charge is 0.490 e. The van der Waals surface area contributed by atoms with Crippen LogP contribution >= 0.6 is 0 Å². The topological polar surface area (TPSA) is 68.2 Å². The van der Waals surface area contributed by atoms with Gasteiger partial charge in [0.2, 0.25) is 11.8 Å². The van der Waals surface area contributed by atoms with E-state index in [4.69, 9.17) is 9.47 Å². The first-order chi connectivity index (χ1) is 14.1. The van der Waals surface area contributed by atoms with E-state index < -0.39 is 5.97 Å². The first kappa shape index (κ1) is 18.7. The van der Waals surface area contributed by atoms with E-state index in [1.165, 1.54) is 0 Å². The smallest absolute Gasteiger partial charge is 0.363 e. The van der Waals surface area contributed by atoms with Gasteiger partial charge in [0.1, 0.15) is 12.4 Å². The minimum Gasteiger partial charge on any atom is -0.490 e. The van der Waals surface area contributed by atoms with Crippen LogP contribution in [0.4, 0.5) is 5.69 Å². The van der Waals surface area contributed by atoms with Crippen LogP contribution in [-0.4, -0.2) is 30.9 Å². The highest BCUT2D eigenvalue weighted by molar-refractivity contribution is 6.13. The Morgan fingerprint density at radius 3 is 2.72 bits per heavy atom. The lowest BCUT2D eigenvalue weighted by Gasteiger charge is -2.15. The number of anilines is 1. The fourth-order valence-electron chi connectivity index (χ4n) is 3.24. The van der Waals surface area contributed by atoms with Gasteiger partial charge in [0.15, 0.2) is 5.70 Å². The number of amides is 1. The fraction of sp³-hybridized carbons (Fsp3) is 0.174. The van der Waals surface area contributed by atoms with E-state index in [-0.39, 0.29) is 17.5 Å². The van der Waals surface area contributed by atoms with Crippen molar-refractivity contribution in [3.8, 4) is 5.75 Å². The average Bonchev–Trinajstić information content (AvgIpc) is 3.32. The van der Waals surface area contributed by atoms with Crippen molar-refractivity contribution in [2.75, 3.05) is 18.1 Å². The molecule has 0 unspecified atom stereocenters.